The third-order valence-electron chi connectivity index (χ3n) is 2.94. The minimum atomic E-state index is -0.332. The highest BCUT2D eigenvalue weighted by atomic mass is 16.6. The summed E-state index contributed by atoms with van der Waals surface area (Å²) in [5.74, 6) is 0. The van der Waals surface area contributed by atoms with Crippen LogP contribution in [-0.4, -0.2) is 34.6 Å². The van der Waals surface area contributed by atoms with E-state index in [1.165, 1.54) is 0 Å². The Kier molecular flexibility index (Phi) is 3.17. The fraction of sp³-hybridized carbons (Fsp3) is 0.455. The van der Waals surface area contributed by atoms with Crippen molar-refractivity contribution in [3.8, 4) is 0 Å². The lowest BCUT2D eigenvalue weighted by Crippen LogP contribution is -2.33. The molecule has 5 heteroatoms. The maximum absolute atomic E-state index is 10.9. The monoisotopic (exact) mass is 222 g/mol. The normalized spacial score (nSPS) is 15.8. The van der Waals surface area contributed by atoms with Crippen LogP contribution in [0.15, 0.2) is 18.2 Å². The lowest BCUT2D eigenvalue weighted by molar-refractivity contribution is -0.385. The molecule has 1 N–H and O–H groups in total. The second kappa shape index (κ2) is 4.59. The lowest BCUT2D eigenvalue weighted by Gasteiger charge is -2.27. The molecule has 16 heavy (non-hydrogen) atoms. The number of aliphatic hydroxyl groups excluding tert-OH is 1. The summed E-state index contributed by atoms with van der Waals surface area (Å²) >= 11 is 0. The first kappa shape index (κ1) is 11.0. The molecule has 1 aliphatic rings. The highest BCUT2D eigenvalue weighted by molar-refractivity contribution is 5.46. The van der Waals surface area contributed by atoms with Gasteiger partial charge in [0.15, 0.2) is 0 Å². The molecule has 0 radical (unpaired) electrons. The second-order valence-corrected chi connectivity index (χ2v) is 3.92. The molecule has 1 aliphatic heterocycles. The Morgan fingerprint density at radius 2 is 2.31 bits per heavy atom. The Morgan fingerprint density at radius 3 is 3.00 bits per heavy atom. The number of hydrogen-bond donors (Lipinski definition) is 1. The number of nitrogens with zero attached hydrogens (tertiary/aromatic N) is 2. The van der Waals surface area contributed by atoms with Crippen molar-refractivity contribution in [3.63, 3.8) is 0 Å². The van der Waals surface area contributed by atoms with Crippen molar-refractivity contribution in [2.45, 2.75) is 13.0 Å². The van der Waals surface area contributed by atoms with E-state index in [4.69, 9.17) is 5.11 Å². The van der Waals surface area contributed by atoms with Gasteiger partial charge in [0.25, 0.3) is 5.69 Å². The molecule has 0 atom stereocenters. The average molecular weight is 222 g/mol. The van der Waals surface area contributed by atoms with Gasteiger partial charge in [0.2, 0.25) is 0 Å². The van der Waals surface area contributed by atoms with Crippen molar-refractivity contribution in [2.24, 2.45) is 0 Å². The van der Waals surface area contributed by atoms with Crippen LogP contribution in [0.3, 0.4) is 0 Å². The fourth-order valence-corrected chi connectivity index (χ4v) is 2.12. The first-order valence-corrected chi connectivity index (χ1v) is 5.30. The number of aliphatic hydroxyl groups is 1. The molecule has 1 aromatic carbocycles. The molecule has 5 nitrogen and oxygen atoms in total. The van der Waals surface area contributed by atoms with E-state index < -0.39 is 0 Å². The first-order chi connectivity index (χ1) is 7.72. The van der Waals surface area contributed by atoms with Crippen molar-refractivity contribution in [1.29, 1.82) is 0 Å². The fourth-order valence-electron chi connectivity index (χ4n) is 2.12. The smallest absolute Gasteiger partial charge is 0.274 e. The van der Waals surface area contributed by atoms with Gasteiger partial charge < -0.3 is 5.11 Å². The molecular formula is C11H14N2O3. The van der Waals surface area contributed by atoms with E-state index in [9.17, 15) is 10.1 Å². The van der Waals surface area contributed by atoms with Crippen LogP contribution >= 0.6 is 0 Å². The number of nitro benzene ring substituents is 1. The van der Waals surface area contributed by atoms with Gasteiger partial charge in [0.1, 0.15) is 0 Å². The Bertz CT molecular complexity index is 406. The average Bonchev–Trinajstić information content (AvgIpc) is 2.28. The SMILES string of the molecule is O=[N+]([O-])c1cccc2c1CN(CCO)CC2. The largest absolute Gasteiger partial charge is 0.395 e. The molecule has 0 spiro atoms. The van der Waals surface area contributed by atoms with Gasteiger partial charge in [0, 0.05) is 31.3 Å². The Morgan fingerprint density at radius 1 is 1.50 bits per heavy atom. The third kappa shape index (κ3) is 2.05. The van der Waals surface area contributed by atoms with Crippen molar-refractivity contribution in [2.75, 3.05) is 19.7 Å². The Balaban J connectivity index is 2.30. The Labute approximate surface area is 93.5 Å². The zero-order valence-electron chi connectivity index (χ0n) is 8.93. The molecule has 0 amide bonds. The first-order valence-electron chi connectivity index (χ1n) is 5.30. The number of rotatable bonds is 3. The van der Waals surface area contributed by atoms with Gasteiger partial charge in [-0.2, -0.15) is 0 Å². The summed E-state index contributed by atoms with van der Waals surface area (Å²) in [5, 5.41) is 19.7. The predicted octanol–water partition coefficient (Wildman–Crippen LogP) is 0.945. The zero-order valence-corrected chi connectivity index (χ0v) is 8.93. The highest BCUT2D eigenvalue weighted by Gasteiger charge is 2.23. The van der Waals surface area contributed by atoms with Crippen LogP contribution in [0.1, 0.15) is 11.1 Å². The summed E-state index contributed by atoms with van der Waals surface area (Å²) in [6.45, 7) is 2.09. The van der Waals surface area contributed by atoms with Gasteiger partial charge in [-0.05, 0) is 12.0 Å². The van der Waals surface area contributed by atoms with Crippen LogP contribution in [0, 0.1) is 10.1 Å². The van der Waals surface area contributed by atoms with Crippen LogP contribution < -0.4 is 0 Å². The van der Waals surface area contributed by atoms with E-state index in [0.717, 1.165) is 24.1 Å². The van der Waals surface area contributed by atoms with Crippen molar-refractivity contribution in [3.05, 3.63) is 39.4 Å². The molecule has 2 rings (SSSR count). The summed E-state index contributed by atoms with van der Waals surface area (Å²) in [6, 6.07) is 5.22. The van der Waals surface area contributed by atoms with E-state index >= 15 is 0 Å². The molecule has 0 saturated heterocycles. The topological polar surface area (TPSA) is 66.6 Å². The van der Waals surface area contributed by atoms with E-state index in [-0.39, 0.29) is 17.2 Å². The molecule has 0 bridgehead atoms. The number of nitro groups is 1. The highest BCUT2D eigenvalue weighted by Crippen LogP contribution is 2.27. The van der Waals surface area contributed by atoms with Gasteiger partial charge in [-0.3, -0.25) is 15.0 Å². The van der Waals surface area contributed by atoms with Crippen LogP contribution in [0.2, 0.25) is 0 Å². The van der Waals surface area contributed by atoms with Crippen LogP contribution in [-0.2, 0) is 13.0 Å². The molecule has 0 saturated carbocycles. The molecule has 0 unspecified atom stereocenters. The van der Waals surface area contributed by atoms with Crippen LogP contribution in [0.5, 0.6) is 0 Å². The van der Waals surface area contributed by atoms with E-state index in [1.54, 1.807) is 12.1 Å². The molecule has 86 valence electrons. The number of fused-ring (bicyclic) bond motifs is 1. The van der Waals surface area contributed by atoms with Crippen molar-refractivity contribution >= 4 is 5.69 Å². The second-order valence-electron chi connectivity index (χ2n) is 3.92. The molecule has 0 aliphatic carbocycles. The van der Waals surface area contributed by atoms with Crippen LogP contribution in [0.4, 0.5) is 5.69 Å². The van der Waals surface area contributed by atoms with Gasteiger partial charge in [-0.25, -0.2) is 0 Å². The van der Waals surface area contributed by atoms with Gasteiger partial charge in [-0.1, -0.05) is 12.1 Å². The lowest BCUT2D eigenvalue weighted by atomic mass is 9.98. The molecule has 0 fully saturated rings. The summed E-state index contributed by atoms with van der Waals surface area (Å²) < 4.78 is 0. The third-order valence-corrected chi connectivity index (χ3v) is 2.94. The maximum atomic E-state index is 10.9. The summed E-state index contributed by atoms with van der Waals surface area (Å²) in [5.41, 5.74) is 2.05. The molecule has 0 aromatic heterocycles. The minimum Gasteiger partial charge on any atom is -0.395 e. The van der Waals surface area contributed by atoms with Gasteiger partial charge in [0.05, 0.1) is 11.5 Å². The standard InChI is InChI=1S/C11H14N2O3/c14-7-6-12-5-4-9-2-1-3-11(13(15)16)10(9)8-12/h1-3,14H,4-8H2. The van der Waals surface area contributed by atoms with Crippen molar-refractivity contribution in [1.82, 2.24) is 4.90 Å². The Hall–Kier alpha value is -1.46. The van der Waals surface area contributed by atoms with E-state index in [0.29, 0.717) is 13.1 Å². The zero-order chi connectivity index (χ0) is 11.5. The number of benzene rings is 1. The van der Waals surface area contributed by atoms with Gasteiger partial charge >= 0.3 is 0 Å². The van der Waals surface area contributed by atoms with E-state index in [1.807, 2.05) is 11.0 Å². The van der Waals surface area contributed by atoms with Crippen LogP contribution in [0.25, 0.3) is 0 Å². The maximum Gasteiger partial charge on any atom is 0.274 e. The molecule has 1 aromatic rings. The van der Waals surface area contributed by atoms with E-state index in [2.05, 4.69) is 0 Å². The summed E-state index contributed by atoms with van der Waals surface area (Å²) in [6.07, 6.45) is 0.816. The predicted molar refractivity (Wildman–Crippen MR) is 59.2 cm³/mol. The van der Waals surface area contributed by atoms with Crippen molar-refractivity contribution < 1.29 is 10.0 Å². The molecular weight excluding hydrogens is 208 g/mol. The molecule has 1 heterocycles. The minimum absolute atomic E-state index is 0.0932. The quantitative estimate of drug-likeness (QED) is 0.610. The summed E-state index contributed by atoms with van der Waals surface area (Å²) in [7, 11) is 0. The summed E-state index contributed by atoms with van der Waals surface area (Å²) in [4.78, 5) is 12.6. The number of β-amino-alcohol motifs (C(OH)–C–C–N with tert-alkyl or cyclic N) is 1. The number of hydrogen-bond acceptors (Lipinski definition) is 4. The van der Waals surface area contributed by atoms with Gasteiger partial charge in [-0.15, -0.1) is 0 Å².